The van der Waals surface area contributed by atoms with Gasteiger partial charge in [0.1, 0.15) is 4.99 Å². The summed E-state index contributed by atoms with van der Waals surface area (Å²) >= 11 is 5.01. The second-order valence-corrected chi connectivity index (χ2v) is 5.23. The number of hydrogen-bond acceptors (Lipinski definition) is 2. The Morgan fingerprint density at radius 2 is 1.94 bits per heavy atom. The molecule has 0 unspecified atom stereocenters. The monoisotopic (exact) mass is 250 g/mol. The van der Waals surface area contributed by atoms with Crippen LogP contribution in [0.5, 0.6) is 0 Å². The van der Waals surface area contributed by atoms with E-state index >= 15 is 0 Å². The molecule has 2 nitrogen and oxygen atoms in total. The highest BCUT2D eigenvalue weighted by Gasteiger charge is 2.18. The van der Waals surface area contributed by atoms with Gasteiger partial charge in [-0.05, 0) is 50.5 Å². The molecule has 94 valence electrons. The Hall–Kier alpha value is -1.09. The largest absolute Gasteiger partial charge is 0.389 e. The van der Waals surface area contributed by atoms with Crippen LogP contribution in [0.1, 0.15) is 44.7 Å². The maximum atomic E-state index is 5.66. The van der Waals surface area contributed by atoms with E-state index in [2.05, 4.69) is 32.2 Å². The Balaban J connectivity index is 2.95. The predicted octanol–water partition coefficient (Wildman–Crippen LogP) is 3.62. The number of benzene rings is 1. The summed E-state index contributed by atoms with van der Waals surface area (Å²) in [6, 6.07) is 6.15. The molecule has 1 aromatic rings. The van der Waals surface area contributed by atoms with Gasteiger partial charge in [0, 0.05) is 16.8 Å². The first-order valence-electron chi connectivity index (χ1n) is 6.10. The summed E-state index contributed by atoms with van der Waals surface area (Å²) in [5, 5.41) is 3.58. The van der Waals surface area contributed by atoms with E-state index in [1.54, 1.807) is 0 Å². The van der Waals surface area contributed by atoms with Crippen molar-refractivity contribution in [3.63, 3.8) is 0 Å². The van der Waals surface area contributed by atoms with Crippen molar-refractivity contribution in [1.82, 2.24) is 0 Å². The third-order valence-electron chi connectivity index (χ3n) is 3.50. The van der Waals surface area contributed by atoms with Crippen LogP contribution in [0.2, 0.25) is 0 Å². The van der Waals surface area contributed by atoms with Crippen molar-refractivity contribution in [3.05, 3.63) is 29.3 Å². The maximum Gasteiger partial charge on any atom is 0.104 e. The molecule has 0 amide bonds. The summed E-state index contributed by atoms with van der Waals surface area (Å²) in [4.78, 5) is 0.461. The smallest absolute Gasteiger partial charge is 0.104 e. The van der Waals surface area contributed by atoms with Crippen LogP contribution in [-0.4, -0.2) is 10.5 Å². The van der Waals surface area contributed by atoms with Gasteiger partial charge in [-0.15, -0.1) is 0 Å². The lowest BCUT2D eigenvalue weighted by Gasteiger charge is -2.30. The van der Waals surface area contributed by atoms with Crippen molar-refractivity contribution in [3.8, 4) is 0 Å². The van der Waals surface area contributed by atoms with Gasteiger partial charge in [0.25, 0.3) is 0 Å². The fourth-order valence-electron chi connectivity index (χ4n) is 1.79. The molecular formula is C14H22N2S. The van der Waals surface area contributed by atoms with Gasteiger partial charge in [-0.25, -0.2) is 0 Å². The van der Waals surface area contributed by atoms with Crippen molar-refractivity contribution in [2.24, 2.45) is 5.73 Å². The third-order valence-corrected chi connectivity index (χ3v) is 3.72. The van der Waals surface area contributed by atoms with Crippen LogP contribution in [-0.2, 0) is 0 Å². The Morgan fingerprint density at radius 3 is 2.35 bits per heavy atom. The number of rotatable bonds is 5. The Morgan fingerprint density at radius 1 is 1.35 bits per heavy atom. The summed E-state index contributed by atoms with van der Waals surface area (Å²) < 4.78 is 0. The van der Waals surface area contributed by atoms with Crippen LogP contribution in [0.4, 0.5) is 5.69 Å². The number of aryl methyl sites for hydroxylation is 1. The molecule has 0 aliphatic carbocycles. The van der Waals surface area contributed by atoms with Crippen molar-refractivity contribution in [2.75, 3.05) is 5.32 Å². The Labute approximate surface area is 110 Å². The number of nitrogens with two attached hydrogens (primary N) is 1. The number of nitrogens with one attached hydrogen (secondary N) is 1. The fourth-order valence-corrected chi connectivity index (χ4v) is 2.02. The van der Waals surface area contributed by atoms with E-state index < -0.39 is 0 Å². The minimum atomic E-state index is 0.150. The van der Waals surface area contributed by atoms with Crippen molar-refractivity contribution in [1.29, 1.82) is 0 Å². The Bertz CT molecular complexity index is 409. The van der Waals surface area contributed by atoms with Gasteiger partial charge in [-0.1, -0.05) is 26.1 Å². The van der Waals surface area contributed by atoms with Gasteiger partial charge >= 0.3 is 0 Å². The van der Waals surface area contributed by atoms with Gasteiger partial charge < -0.3 is 11.1 Å². The Kier molecular flexibility index (Phi) is 4.52. The normalized spacial score (nSPS) is 11.3. The van der Waals surface area contributed by atoms with Crippen molar-refractivity contribution < 1.29 is 0 Å². The molecule has 3 heteroatoms. The summed E-state index contributed by atoms with van der Waals surface area (Å²) in [6.07, 6.45) is 2.19. The summed E-state index contributed by atoms with van der Waals surface area (Å²) in [6.45, 7) is 8.68. The van der Waals surface area contributed by atoms with Crippen LogP contribution in [0, 0.1) is 6.92 Å². The van der Waals surface area contributed by atoms with Gasteiger partial charge in [0.05, 0.1) is 0 Å². The van der Waals surface area contributed by atoms with Crippen molar-refractivity contribution >= 4 is 22.9 Å². The van der Waals surface area contributed by atoms with E-state index in [1.807, 2.05) is 19.1 Å². The van der Waals surface area contributed by atoms with Gasteiger partial charge in [-0.3, -0.25) is 0 Å². The highest BCUT2D eigenvalue weighted by Crippen LogP contribution is 2.23. The molecule has 0 heterocycles. The fraction of sp³-hybridized carbons (Fsp3) is 0.500. The van der Waals surface area contributed by atoms with E-state index in [-0.39, 0.29) is 5.54 Å². The van der Waals surface area contributed by atoms with Gasteiger partial charge in [0.2, 0.25) is 0 Å². The molecule has 17 heavy (non-hydrogen) atoms. The third kappa shape index (κ3) is 3.43. The molecule has 0 saturated heterocycles. The lowest BCUT2D eigenvalue weighted by atomic mass is 9.95. The number of anilines is 1. The quantitative estimate of drug-likeness (QED) is 0.784. The lowest BCUT2D eigenvalue weighted by Crippen LogP contribution is -2.32. The second kappa shape index (κ2) is 5.50. The molecule has 0 aromatic heterocycles. The molecule has 0 atom stereocenters. The van der Waals surface area contributed by atoms with Crippen LogP contribution in [0.15, 0.2) is 18.2 Å². The zero-order chi connectivity index (χ0) is 13.1. The molecule has 0 radical (unpaired) electrons. The maximum absolute atomic E-state index is 5.66. The molecule has 0 bridgehead atoms. The minimum absolute atomic E-state index is 0.150. The molecule has 0 saturated carbocycles. The van der Waals surface area contributed by atoms with Crippen LogP contribution in [0.3, 0.4) is 0 Å². The van der Waals surface area contributed by atoms with Gasteiger partial charge in [0.15, 0.2) is 0 Å². The van der Waals surface area contributed by atoms with Crippen molar-refractivity contribution in [2.45, 2.75) is 46.1 Å². The standard InChI is InChI=1S/C14H22N2S/c1-5-14(4,6-2)16-11-7-8-12(13(15)17)10(3)9-11/h7-9,16H,5-6H2,1-4H3,(H2,15,17). The first-order valence-corrected chi connectivity index (χ1v) is 6.51. The zero-order valence-electron chi connectivity index (χ0n) is 11.1. The molecule has 0 fully saturated rings. The van der Waals surface area contributed by atoms with Crippen LogP contribution < -0.4 is 11.1 Å². The molecule has 3 N–H and O–H groups in total. The molecule has 0 aliphatic heterocycles. The molecule has 0 aliphatic rings. The minimum Gasteiger partial charge on any atom is -0.389 e. The lowest BCUT2D eigenvalue weighted by molar-refractivity contribution is 0.478. The first kappa shape index (κ1) is 14.0. The summed E-state index contributed by atoms with van der Waals surface area (Å²) in [7, 11) is 0. The molecule has 1 aromatic carbocycles. The highest BCUT2D eigenvalue weighted by atomic mass is 32.1. The predicted molar refractivity (Wildman–Crippen MR) is 79.7 cm³/mol. The molecular weight excluding hydrogens is 228 g/mol. The topological polar surface area (TPSA) is 38.0 Å². The van der Waals surface area contributed by atoms with Crippen LogP contribution in [0.25, 0.3) is 0 Å². The SMILES string of the molecule is CCC(C)(CC)Nc1ccc(C(N)=S)c(C)c1. The van der Waals surface area contributed by atoms with Gasteiger partial charge in [-0.2, -0.15) is 0 Å². The zero-order valence-corrected chi connectivity index (χ0v) is 11.9. The van der Waals surface area contributed by atoms with E-state index in [1.165, 1.54) is 0 Å². The average Bonchev–Trinajstić information content (AvgIpc) is 2.28. The van der Waals surface area contributed by atoms with Crippen LogP contribution >= 0.6 is 12.2 Å². The average molecular weight is 250 g/mol. The highest BCUT2D eigenvalue weighted by molar-refractivity contribution is 7.80. The van der Waals surface area contributed by atoms with E-state index in [4.69, 9.17) is 18.0 Å². The molecule has 1 rings (SSSR count). The second-order valence-electron chi connectivity index (χ2n) is 4.79. The summed E-state index contributed by atoms with van der Waals surface area (Å²) in [5.41, 5.74) is 9.02. The first-order chi connectivity index (χ1) is 7.91. The number of hydrogen-bond donors (Lipinski definition) is 2. The van der Waals surface area contributed by atoms with E-state index in [9.17, 15) is 0 Å². The van der Waals surface area contributed by atoms with E-state index in [0.29, 0.717) is 4.99 Å². The molecule has 0 spiro atoms. The number of thiocarbonyl (C=S) groups is 1. The summed E-state index contributed by atoms with van der Waals surface area (Å²) in [5.74, 6) is 0. The van der Waals surface area contributed by atoms with E-state index in [0.717, 1.165) is 29.7 Å².